The Morgan fingerprint density at radius 1 is 1.22 bits per heavy atom. The van der Waals surface area contributed by atoms with Crippen LogP contribution in [0.3, 0.4) is 0 Å². The first kappa shape index (κ1) is 18.2. The predicted molar refractivity (Wildman–Crippen MR) is 97.6 cm³/mol. The Kier molecular flexibility index (Phi) is 7.28. The van der Waals surface area contributed by atoms with Gasteiger partial charge in [0.1, 0.15) is 0 Å². The molecule has 0 bridgehead atoms. The zero-order valence-electron chi connectivity index (χ0n) is 15.0. The summed E-state index contributed by atoms with van der Waals surface area (Å²) < 4.78 is 0. The number of allylic oxidation sites excluding steroid dienone is 1. The first-order valence-electron chi connectivity index (χ1n) is 8.84. The second kappa shape index (κ2) is 9.21. The Morgan fingerprint density at radius 2 is 1.96 bits per heavy atom. The van der Waals surface area contributed by atoms with Gasteiger partial charge < -0.3 is 10.0 Å². The van der Waals surface area contributed by atoms with Crippen LogP contribution in [0.1, 0.15) is 37.8 Å². The number of hydrogen-bond donors (Lipinski definition) is 1. The molecule has 128 valence electrons. The maximum Gasteiger partial charge on any atom is 0.0446 e. The molecule has 23 heavy (non-hydrogen) atoms. The topological polar surface area (TPSA) is 26.7 Å². The quantitative estimate of drug-likeness (QED) is 0.783. The Bertz CT molecular complexity index is 491. The minimum atomic E-state index is 0.275. The van der Waals surface area contributed by atoms with Crippen LogP contribution >= 0.6 is 0 Å². The average molecular weight is 316 g/mol. The third kappa shape index (κ3) is 6.09. The van der Waals surface area contributed by atoms with Gasteiger partial charge in [0.15, 0.2) is 0 Å². The van der Waals surface area contributed by atoms with Crippen LogP contribution in [0, 0.1) is 6.92 Å². The van der Waals surface area contributed by atoms with Gasteiger partial charge in [-0.2, -0.15) is 0 Å². The van der Waals surface area contributed by atoms with Gasteiger partial charge in [-0.1, -0.05) is 41.5 Å². The zero-order valence-corrected chi connectivity index (χ0v) is 15.0. The summed E-state index contributed by atoms with van der Waals surface area (Å²) in [7, 11) is 0. The van der Waals surface area contributed by atoms with Crippen LogP contribution < -0.4 is 0 Å². The third-order valence-electron chi connectivity index (χ3n) is 4.66. The van der Waals surface area contributed by atoms with Crippen LogP contribution in [0.15, 0.2) is 35.9 Å². The molecule has 2 rings (SSSR count). The maximum atomic E-state index is 9.42. The molecule has 3 nitrogen and oxygen atoms in total. The van der Waals surface area contributed by atoms with E-state index in [0.29, 0.717) is 6.04 Å². The third-order valence-corrected chi connectivity index (χ3v) is 4.66. The van der Waals surface area contributed by atoms with E-state index in [9.17, 15) is 5.11 Å². The molecule has 3 heteroatoms. The fourth-order valence-electron chi connectivity index (χ4n) is 3.26. The summed E-state index contributed by atoms with van der Waals surface area (Å²) in [4.78, 5) is 5.09. The summed E-state index contributed by atoms with van der Waals surface area (Å²) >= 11 is 0. The van der Waals surface area contributed by atoms with Crippen molar-refractivity contribution in [1.82, 2.24) is 9.80 Å². The first-order valence-corrected chi connectivity index (χ1v) is 8.84. The Labute approximate surface area is 141 Å². The molecule has 1 fully saturated rings. The molecular weight excluding hydrogens is 284 g/mol. The smallest absolute Gasteiger partial charge is 0.0446 e. The summed E-state index contributed by atoms with van der Waals surface area (Å²) in [5, 5.41) is 9.42. The van der Waals surface area contributed by atoms with Crippen LogP contribution in [-0.2, 0) is 6.54 Å². The molecule has 0 saturated carbocycles. The highest BCUT2D eigenvalue weighted by atomic mass is 16.3. The number of aliphatic hydroxyl groups excluding tert-OH is 1. The van der Waals surface area contributed by atoms with Gasteiger partial charge in [-0.15, -0.1) is 0 Å². The number of benzene rings is 1. The van der Waals surface area contributed by atoms with Crippen molar-refractivity contribution in [2.24, 2.45) is 0 Å². The van der Waals surface area contributed by atoms with Crippen molar-refractivity contribution in [3.8, 4) is 0 Å². The maximum absolute atomic E-state index is 9.42. The minimum Gasteiger partial charge on any atom is -0.396 e. The second-order valence-corrected chi connectivity index (χ2v) is 6.99. The lowest BCUT2D eigenvalue weighted by atomic mass is 10.1. The molecule has 1 unspecified atom stereocenters. The number of piperazine rings is 1. The van der Waals surface area contributed by atoms with Crippen molar-refractivity contribution >= 4 is 0 Å². The van der Waals surface area contributed by atoms with Gasteiger partial charge in [0.25, 0.3) is 0 Å². The van der Waals surface area contributed by atoms with Gasteiger partial charge in [-0.25, -0.2) is 0 Å². The summed E-state index contributed by atoms with van der Waals surface area (Å²) in [6, 6.07) is 9.29. The molecule has 1 atom stereocenters. The molecule has 1 aliphatic heterocycles. The summed E-state index contributed by atoms with van der Waals surface area (Å²) in [6.07, 6.45) is 4.32. The van der Waals surface area contributed by atoms with Crippen LogP contribution in [0.25, 0.3) is 0 Å². The van der Waals surface area contributed by atoms with Gasteiger partial charge in [-0.3, -0.25) is 4.90 Å². The van der Waals surface area contributed by atoms with Crippen molar-refractivity contribution in [2.45, 2.75) is 46.2 Å². The van der Waals surface area contributed by atoms with Crippen LogP contribution in [-0.4, -0.2) is 53.7 Å². The van der Waals surface area contributed by atoms with E-state index >= 15 is 0 Å². The van der Waals surface area contributed by atoms with E-state index in [-0.39, 0.29) is 6.61 Å². The lowest BCUT2D eigenvalue weighted by Gasteiger charge is -2.41. The Balaban J connectivity index is 1.90. The molecule has 1 N–H and O–H groups in total. The molecule has 0 amide bonds. The minimum absolute atomic E-state index is 0.275. The van der Waals surface area contributed by atoms with Gasteiger partial charge in [-0.05, 0) is 39.2 Å². The van der Waals surface area contributed by atoms with Crippen molar-refractivity contribution in [3.63, 3.8) is 0 Å². The van der Waals surface area contributed by atoms with E-state index in [2.05, 4.69) is 60.9 Å². The Hall–Kier alpha value is -1.16. The molecule has 1 aromatic carbocycles. The van der Waals surface area contributed by atoms with Crippen LogP contribution in [0.5, 0.6) is 0 Å². The van der Waals surface area contributed by atoms with Crippen molar-refractivity contribution in [3.05, 3.63) is 47.0 Å². The molecular formula is C20H32N2O. The fourth-order valence-corrected chi connectivity index (χ4v) is 3.26. The number of nitrogens with zero attached hydrogens (tertiary/aromatic N) is 2. The summed E-state index contributed by atoms with van der Waals surface area (Å²) in [5.41, 5.74) is 4.08. The van der Waals surface area contributed by atoms with Crippen molar-refractivity contribution < 1.29 is 5.11 Å². The molecule has 1 heterocycles. The van der Waals surface area contributed by atoms with Crippen LogP contribution in [0.4, 0.5) is 0 Å². The molecule has 0 spiro atoms. The molecule has 0 radical (unpaired) electrons. The fraction of sp³-hybridized carbons (Fsp3) is 0.600. The highest BCUT2D eigenvalue weighted by Gasteiger charge is 2.26. The molecule has 1 aromatic rings. The number of rotatable bonds is 7. The van der Waals surface area contributed by atoms with Crippen molar-refractivity contribution in [2.75, 3.05) is 32.8 Å². The van der Waals surface area contributed by atoms with Crippen LogP contribution in [0.2, 0.25) is 0 Å². The molecule has 0 aliphatic carbocycles. The van der Waals surface area contributed by atoms with E-state index in [0.717, 1.165) is 45.6 Å². The predicted octanol–water partition coefficient (Wildman–Crippen LogP) is 3.22. The van der Waals surface area contributed by atoms with Crippen molar-refractivity contribution in [1.29, 1.82) is 0 Å². The number of aliphatic hydroxyl groups is 1. The van der Waals surface area contributed by atoms with E-state index < -0.39 is 0 Å². The highest BCUT2D eigenvalue weighted by Crippen LogP contribution is 2.17. The van der Waals surface area contributed by atoms with E-state index in [1.165, 1.54) is 16.7 Å². The Morgan fingerprint density at radius 3 is 2.61 bits per heavy atom. The number of aryl methyl sites for hydroxylation is 1. The lowest BCUT2D eigenvalue weighted by molar-refractivity contribution is 0.0546. The largest absolute Gasteiger partial charge is 0.396 e. The SMILES string of the molecule is CC(C)=CCCN1CCN(Cc2ccc(C)cc2)C(CCO)C1. The molecule has 1 saturated heterocycles. The first-order chi connectivity index (χ1) is 11.1. The van der Waals surface area contributed by atoms with E-state index in [4.69, 9.17) is 0 Å². The van der Waals surface area contributed by atoms with Gasteiger partial charge in [0.05, 0.1) is 0 Å². The van der Waals surface area contributed by atoms with E-state index in [1.807, 2.05) is 0 Å². The van der Waals surface area contributed by atoms with Gasteiger partial charge in [0, 0.05) is 45.4 Å². The van der Waals surface area contributed by atoms with E-state index in [1.54, 1.807) is 0 Å². The monoisotopic (exact) mass is 316 g/mol. The van der Waals surface area contributed by atoms with Gasteiger partial charge in [0.2, 0.25) is 0 Å². The number of hydrogen-bond acceptors (Lipinski definition) is 3. The average Bonchev–Trinajstić information content (AvgIpc) is 2.52. The standard InChI is InChI=1S/C20H32N2O/c1-17(2)5-4-11-21-12-13-22(20(16-21)10-14-23)15-19-8-6-18(3)7-9-19/h5-9,20,23H,4,10-16H2,1-3H3. The summed E-state index contributed by atoms with van der Waals surface area (Å²) in [6.45, 7) is 12.1. The lowest BCUT2D eigenvalue weighted by Crippen LogP contribution is -2.53. The zero-order chi connectivity index (χ0) is 16.7. The highest BCUT2D eigenvalue weighted by molar-refractivity contribution is 5.21. The molecule has 0 aromatic heterocycles. The normalized spacial score (nSPS) is 19.7. The summed E-state index contributed by atoms with van der Waals surface area (Å²) in [5.74, 6) is 0. The second-order valence-electron chi connectivity index (χ2n) is 6.99. The van der Waals surface area contributed by atoms with Gasteiger partial charge >= 0.3 is 0 Å². The molecule has 1 aliphatic rings.